The summed E-state index contributed by atoms with van der Waals surface area (Å²) in [6, 6.07) is 13.9. The molecule has 0 atom stereocenters. The minimum atomic E-state index is 0. The average molecular weight is 510 g/mol. The molecule has 7 heteroatoms. The number of nitrogens with one attached hydrogen (secondary N) is 2. The van der Waals surface area contributed by atoms with E-state index in [1.54, 1.807) is 13.2 Å². The van der Waals surface area contributed by atoms with Gasteiger partial charge in [-0.2, -0.15) is 0 Å². The number of hydrogen-bond acceptors (Lipinski definition) is 4. The van der Waals surface area contributed by atoms with Crippen molar-refractivity contribution in [2.75, 3.05) is 26.8 Å². The molecule has 1 aliphatic rings. The van der Waals surface area contributed by atoms with Gasteiger partial charge in [-0.05, 0) is 55.0 Å². The van der Waals surface area contributed by atoms with Gasteiger partial charge in [0, 0.05) is 39.5 Å². The molecule has 0 spiro atoms. The molecule has 2 aromatic rings. The van der Waals surface area contributed by atoms with Crippen LogP contribution in [0.5, 0.6) is 5.75 Å². The Kier molecular flexibility index (Phi) is 10.8. The van der Waals surface area contributed by atoms with Crippen LogP contribution in [-0.2, 0) is 17.9 Å². The maximum Gasteiger partial charge on any atom is 0.191 e. The van der Waals surface area contributed by atoms with Crippen molar-refractivity contribution >= 4 is 29.9 Å². The van der Waals surface area contributed by atoms with Gasteiger partial charge >= 0.3 is 0 Å². The van der Waals surface area contributed by atoms with Crippen LogP contribution in [0.1, 0.15) is 30.5 Å². The number of rotatable bonds is 11. The summed E-state index contributed by atoms with van der Waals surface area (Å²) in [5.74, 6) is 2.47. The van der Waals surface area contributed by atoms with Crippen molar-refractivity contribution in [3.8, 4) is 5.75 Å². The van der Waals surface area contributed by atoms with E-state index in [0.717, 1.165) is 49.5 Å². The van der Waals surface area contributed by atoms with Gasteiger partial charge in [-0.3, -0.25) is 9.98 Å². The summed E-state index contributed by atoms with van der Waals surface area (Å²) in [7, 11) is 1.79. The number of aliphatic imine (C=N–C) groups is 1. The van der Waals surface area contributed by atoms with E-state index < -0.39 is 0 Å². The second-order valence-electron chi connectivity index (χ2n) is 6.98. The summed E-state index contributed by atoms with van der Waals surface area (Å²) in [6.45, 7) is 3.76. The predicted octanol–water partition coefficient (Wildman–Crippen LogP) is 3.76. The van der Waals surface area contributed by atoms with E-state index in [1.807, 2.05) is 30.3 Å². The van der Waals surface area contributed by atoms with Gasteiger partial charge < -0.3 is 20.1 Å². The van der Waals surface area contributed by atoms with Crippen LogP contribution in [0.25, 0.3) is 0 Å². The van der Waals surface area contributed by atoms with Crippen molar-refractivity contribution in [1.29, 1.82) is 0 Å². The molecule has 1 aromatic carbocycles. The van der Waals surface area contributed by atoms with E-state index in [0.29, 0.717) is 13.2 Å². The summed E-state index contributed by atoms with van der Waals surface area (Å²) in [6.07, 6.45) is 5.43. The highest BCUT2D eigenvalue weighted by Crippen LogP contribution is 2.28. The van der Waals surface area contributed by atoms with Crippen LogP contribution in [0.15, 0.2) is 53.7 Å². The third-order valence-electron chi connectivity index (χ3n) is 4.53. The molecule has 1 fully saturated rings. The summed E-state index contributed by atoms with van der Waals surface area (Å²) < 4.78 is 11.4. The SMILES string of the molecule is CN=C(NCCCOCC1CC1)NCc1ccc(OCc2ccccn2)cc1.I. The van der Waals surface area contributed by atoms with Crippen molar-refractivity contribution in [3.05, 3.63) is 59.9 Å². The first kappa shape index (κ1) is 23.4. The molecule has 1 aliphatic carbocycles. The molecule has 0 radical (unpaired) electrons. The number of benzene rings is 1. The highest BCUT2D eigenvalue weighted by molar-refractivity contribution is 14.0. The van der Waals surface area contributed by atoms with Gasteiger partial charge in [0.05, 0.1) is 5.69 Å². The van der Waals surface area contributed by atoms with Crippen LogP contribution >= 0.6 is 24.0 Å². The molecule has 0 aliphatic heterocycles. The zero-order chi connectivity index (χ0) is 19.4. The molecule has 0 unspecified atom stereocenters. The van der Waals surface area contributed by atoms with Gasteiger partial charge in [0.1, 0.15) is 12.4 Å². The maximum absolute atomic E-state index is 5.77. The van der Waals surface area contributed by atoms with Gasteiger partial charge in [0.2, 0.25) is 0 Å². The third-order valence-corrected chi connectivity index (χ3v) is 4.53. The Balaban J connectivity index is 0.00000300. The Morgan fingerprint density at radius 3 is 2.66 bits per heavy atom. The summed E-state index contributed by atoms with van der Waals surface area (Å²) in [5.41, 5.74) is 2.09. The monoisotopic (exact) mass is 510 g/mol. The van der Waals surface area contributed by atoms with Gasteiger partial charge in [-0.15, -0.1) is 24.0 Å². The normalized spacial score (nSPS) is 13.5. The second-order valence-corrected chi connectivity index (χ2v) is 6.98. The lowest BCUT2D eigenvalue weighted by atomic mass is 10.2. The highest BCUT2D eigenvalue weighted by atomic mass is 127. The quantitative estimate of drug-likeness (QED) is 0.209. The number of guanidine groups is 1. The van der Waals surface area contributed by atoms with E-state index in [-0.39, 0.29) is 24.0 Å². The first-order valence-electron chi connectivity index (χ1n) is 9.97. The number of ether oxygens (including phenoxy) is 2. The maximum atomic E-state index is 5.77. The molecule has 1 saturated carbocycles. The van der Waals surface area contributed by atoms with E-state index >= 15 is 0 Å². The number of aromatic nitrogens is 1. The number of pyridine rings is 1. The van der Waals surface area contributed by atoms with Gasteiger partial charge in [0.25, 0.3) is 0 Å². The summed E-state index contributed by atoms with van der Waals surface area (Å²) in [5, 5.41) is 6.65. The predicted molar refractivity (Wildman–Crippen MR) is 127 cm³/mol. The molecule has 6 nitrogen and oxygen atoms in total. The number of halogens is 1. The minimum absolute atomic E-state index is 0. The van der Waals surface area contributed by atoms with Crippen LogP contribution < -0.4 is 15.4 Å². The molecule has 3 rings (SSSR count). The molecule has 2 N–H and O–H groups in total. The number of hydrogen-bond donors (Lipinski definition) is 2. The van der Waals surface area contributed by atoms with Crippen LogP contribution in [0, 0.1) is 5.92 Å². The third kappa shape index (κ3) is 9.45. The zero-order valence-electron chi connectivity index (χ0n) is 17.0. The number of nitrogens with zero attached hydrogens (tertiary/aromatic N) is 2. The topological polar surface area (TPSA) is 67.8 Å². The Bertz CT molecular complexity index is 721. The minimum Gasteiger partial charge on any atom is -0.487 e. The van der Waals surface area contributed by atoms with Crippen LogP contribution in [-0.4, -0.2) is 37.7 Å². The van der Waals surface area contributed by atoms with Gasteiger partial charge in [-0.25, -0.2) is 0 Å². The Morgan fingerprint density at radius 1 is 1.14 bits per heavy atom. The Morgan fingerprint density at radius 2 is 1.97 bits per heavy atom. The van der Waals surface area contributed by atoms with Crippen LogP contribution in [0.4, 0.5) is 0 Å². The van der Waals surface area contributed by atoms with Crippen molar-refractivity contribution < 1.29 is 9.47 Å². The fourth-order valence-electron chi connectivity index (χ4n) is 2.67. The molecule has 0 bridgehead atoms. The fraction of sp³-hybridized carbons (Fsp3) is 0.455. The first-order chi connectivity index (χ1) is 13.8. The van der Waals surface area contributed by atoms with Gasteiger partial charge in [0.15, 0.2) is 5.96 Å². The first-order valence-corrected chi connectivity index (χ1v) is 9.97. The Hall–Kier alpha value is -1.87. The van der Waals surface area contributed by atoms with Crippen molar-refractivity contribution in [3.63, 3.8) is 0 Å². The highest BCUT2D eigenvalue weighted by Gasteiger charge is 2.20. The Labute approximate surface area is 190 Å². The van der Waals surface area contributed by atoms with E-state index in [4.69, 9.17) is 9.47 Å². The smallest absolute Gasteiger partial charge is 0.191 e. The fourth-order valence-corrected chi connectivity index (χ4v) is 2.67. The van der Waals surface area contributed by atoms with Crippen molar-refractivity contribution in [1.82, 2.24) is 15.6 Å². The molecule has 0 amide bonds. The van der Waals surface area contributed by atoms with E-state index in [2.05, 4.69) is 32.7 Å². The molecule has 1 heterocycles. The lowest BCUT2D eigenvalue weighted by Crippen LogP contribution is -2.37. The second kappa shape index (κ2) is 13.4. The van der Waals surface area contributed by atoms with Crippen molar-refractivity contribution in [2.24, 2.45) is 10.9 Å². The molecule has 158 valence electrons. The molecular formula is C22H31IN4O2. The average Bonchev–Trinajstić information content (AvgIpc) is 3.57. The van der Waals surface area contributed by atoms with Crippen LogP contribution in [0.2, 0.25) is 0 Å². The van der Waals surface area contributed by atoms with Crippen LogP contribution in [0.3, 0.4) is 0 Å². The zero-order valence-corrected chi connectivity index (χ0v) is 19.3. The summed E-state index contributed by atoms with van der Waals surface area (Å²) in [4.78, 5) is 8.52. The van der Waals surface area contributed by atoms with E-state index in [1.165, 1.54) is 18.4 Å². The largest absolute Gasteiger partial charge is 0.487 e. The van der Waals surface area contributed by atoms with Gasteiger partial charge in [-0.1, -0.05) is 18.2 Å². The molecule has 0 saturated heterocycles. The standard InChI is InChI=1S/C22H30N4O2.HI/c1-23-22(25-13-4-14-27-16-19-6-7-19)26-15-18-8-10-21(11-9-18)28-17-20-5-2-3-12-24-20;/h2-3,5,8-12,19H,4,6-7,13-17H2,1H3,(H2,23,25,26);1H. The lowest BCUT2D eigenvalue weighted by Gasteiger charge is -2.12. The van der Waals surface area contributed by atoms with Crippen molar-refractivity contribution in [2.45, 2.75) is 32.4 Å². The molecule has 1 aromatic heterocycles. The lowest BCUT2D eigenvalue weighted by molar-refractivity contribution is 0.123. The molecule has 29 heavy (non-hydrogen) atoms. The van der Waals surface area contributed by atoms with E-state index in [9.17, 15) is 0 Å². The molecular weight excluding hydrogens is 479 g/mol. The summed E-state index contributed by atoms with van der Waals surface area (Å²) >= 11 is 0.